The fourth-order valence-corrected chi connectivity index (χ4v) is 3.30. The average Bonchev–Trinajstić information content (AvgIpc) is 2.36. The van der Waals surface area contributed by atoms with Crippen LogP contribution in [-0.2, 0) is 0 Å². The van der Waals surface area contributed by atoms with Crippen molar-refractivity contribution in [2.75, 3.05) is 36.1 Å². The molecule has 0 aromatic carbocycles. The summed E-state index contributed by atoms with van der Waals surface area (Å²) < 4.78 is 5.98. The Hall–Kier alpha value is -1.10. The summed E-state index contributed by atoms with van der Waals surface area (Å²) in [6, 6.07) is 3.89. The Kier molecular flexibility index (Phi) is 4.68. The Balaban J connectivity index is 2.14. The summed E-state index contributed by atoms with van der Waals surface area (Å²) in [4.78, 5) is 6.92. The third-order valence-electron chi connectivity index (χ3n) is 3.18. The molecular weight excluding hydrogens is 270 g/mol. The van der Waals surface area contributed by atoms with Crippen LogP contribution in [0, 0.1) is 5.92 Å². The summed E-state index contributed by atoms with van der Waals surface area (Å²) in [6.45, 7) is 11.4. The first kappa shape index (κ1) is 15.3. The Morgan fingerprint density at radius 1 is 1.45 bits per heavy atom. The SMILES string of the molecule is CC(C)COc1nc(N2CCSC(C)(C)C2)ccc1N. The topological polar surface area (TPSA) is 51.4 Å². The Morgan fingerprint density at radius 2 is 2.20 bits per heavy atom. The maximum Gasteiger partial charge on any atom is 0.239 e. The highest BCUT2D eigenvalue weighted by atomic mass is 32.2. The lowest BCUT2D eigenvalue weighted by atomic mass is 10.2. The van der Waals surface area contributed by atoms with E-state index in [0.29, 0.717) is 24.1 Å². The molecule has 1 aromatic heterocycles. The fraction of sp³-hybridized carbons (Fsp3) is 0.667. The van der Waals surface area contributed by atoms with E-state index in [9.17, 15) is 0 Å². The minimum absolute atomic E-state index is 0.264. The van der Waals surface area contributed by atoms with E-state index >= 15 is 0 Å². The number of nitrogen functional groups attached to an aromatic ring is 1. The van der Waals surface area contributed by atoms with Gasteiger partial charge in [-0.1, -0.05) is 13.8 Å². The van der Waals surface area contributed by atoms with Gasteiger partial charge in [-0.2, -0.15) is 16.7 Å². The lowest BCUT2D eigenvalue weighted by Gasteiger charge is -2.38. The van der Waals surface area contributed by atoms with Crippen molar-refractivity contribution in [1.29, 1.82) is 0 Å². The minimum atomic E-state index is 0.264. The number of hydrogen-bond acceptors (Lipinski definition) is 5. The van der Waals surface area contributed by atoms with E-state index in [1.54, 1.807) is 0 Å². The predicted molar refractivity (Wildman–Crippen MR) is 87.7 cm³/mol. The number of rotatable bonds is 4. The van der Waals surface area contributed by atoms with Gasteiger partial charge in [0.15, 0.2) is 0 Å². The Bertz CT molecular complexity index is 462. The molecule has 1 aliphatic rings. The molecule has 0 spiro atoms. The van der Waals surface area contributed by atoms with Gasteiger partial charge in [-0.3, -0.25) is 0 Å². The van der Waals surface area contributed by atoms with Crippen LogP contribution in [0.3, 0.4) is 0 Å². The highest BCUT2D eigenvalue weighted by Crippen LogP contribution is 2.33. The third-order valence-corrected chi connectivity index (χ3v) is 4.48. The lowest BCUT2D eigenvalue weighted by molar-refractivity contribution is 0.263. The highest BCUT2D eigenvalue weighted by molar-refractivity contribution is 8.00. The van der Waals surface area contributed by atoms with Gasteiger partial charge in [-0.15, -0.1) is 0 Å². The van der Waals surface area contributed by atoms with Crippen molar-refractivity contribution in [2.45, 2.75) is 32.4 Å². The minimum Gasteiger partial charge on any atom is -0.476 e. The van der Waals surface area contributed by atoms with Crippen molar-refractivity contribution >= 4 is 23.3 Å². The van der Waals surface area contributed by atoms with Gasteiger partial charge in [-0.25, -0.2) is 0 Å². The summed E-state index contributed by atoms with van der Waals surface area (Å²) in [5.41, 5.74) is 6.56. The molecule has 4 nitrogen and oxygen atoms in total. The van der Waals surface area contributed by atoms with Gasteiger partial charge in [0.05, 0.1) is 12.3 Å². The molecule has 2 N–H and O–H groups in total. The number of aromatic nitrogens is 1. The molecule has 0 atom stereocenters. The van der Waals surface area contributed by atoms with Gasteiger partial charge in [0.25, 0.3) is 0 Å². The van der Waals surface area contributed by atoms with E-state index in [-0.39, 0.29) is 4.75 Å². The molecule has 0 amide bonds. The summed E-state index contributed by atoms with van der Waals surface area (Å²) in [5, 5.41) is 0. The number of nitrogens with zero attached hydrogens (tertiary/aromatic N) is 2. The lowest BCUT2D eigenvalue weighted by Crippen LogP contribution is -2.43. The van der Waals surface area contributed by atoms with E-state index in [2.05, 4.69) is 37.6 Å². The van der Waals surface area contributed by atoms with Gasteiger partial charge in [-0.05, 0) is 31.9 Å². The monoisotopic (exact) mass is 295 g/mol. The summed E-state index contributed by atoms with van der Waals surface area (Å²) >= 11 is 2.01. The maximum atomic E-state index is 5.95. The quantitative estimate of drug-likeness (QED) is 0.925. The van der Waals surface area contributed by atoms with Crippen LogP contribution in [0.4, 0.5) is 11.5 Å². The van der Waals surface area contributed by atoms with Gasteiger partial charge < -0.3 is 15.4 Å². The van der Waals surface area contributed by atoms with Crippen LogP contribution in [0.2, 0.25) is 0 Å². The van der Waals surface area contributed by atoms with Crippen molar-refractivity contribution in [2.24, 2.45) is 5.92 Å². The first-order chi connectivity index (χ1) is 9.37. The number of nitrogens with two attached hydrogens (primary N) is 1. The number of anilines is 2. The number of pyridine rings is 1. The molecule has 1 fully saturated rings. The standard InChI is InChI=1S/C15H25N3OS/c1-11(2)9-19-14-12(16)5-6-13(17-14)18-7-8-20-15(3,4)10-18/h5-6,11H,7-10,16H2,1-4H3. The predicted octanol–water partition coefficient (Wildman–Crippen LogP) is 3.03. The highest BCUT2D eigenvalue weighted by Gasteiger charge is 2.28. The maximum absolute atomic E-state index is 5.95. The van der Waals surface area contributed by atoms with Crippen molar-refractivity contribution in [3.8, 4) is 5.88 Å². The molecule has 20 heavy (non-hydrogen) atoms. The van der Waals surface area contributed by atoms with E-state index in [4.69, 9.17) is 10.5 Å². The third kappa shape index (κ3) is 3.95. The van der Waals surface area contributed by atoms with Crippen LogP contribution in [0.5, 0.6) is 5.88 Å². The second kappa shape index (κ2) is 6.12. The Morgan fingerprint density at radius 3 is 2.85 bits per heavy atom. The van der Waals surface area contributed by atoms with E-state index in [0.717, 1.165) is 24.7 Å². The average molecular weight is 295 g/mol. The number of hydrogen-bond donors (Lipinski definition) is 1. The molecule has 0 unspecified atom stereocenters. The summed E-state index contributed by atoms with van der Waals surface area (Å²) in [7, 11) is 0. The summed E-state index contributed by atoms with van der Waals surface area (Å²) in [6.07, 6.45) is 0. The van der Waals surface area contributed by atoms with E-state index in [1.807, 2.05) is 23.9 Å². The van der Waals surface area contributed by atoms with Gasteiger partial charge in [0.1, 0.15) is 5.82 Å². The normalized spacial score (nSPS) is 18.4. The van der Waals surface area contributed by atoms with Crippen LogP contribution in [0.15, 0.2) is 12.1 Å². The second-order valence-corrected chi connectivity index (χ2v) is 8.10. The van der Waals surface area contributed by atoms with Crippen molar-refractivity contribution in [1.82, 2.24) is 4.98 Å². The molecule has 2 rings (SSSR count). The first-order valence-corrected chi connectivity index (χ1v) is 8.14. The molecule has 1 aliphatic heterocycles. The van der Waals surface area contributed by atoms with Crippen LogP contribution < -0.4 is 15.4 Å². The Labute approximate surface area is 126 Å². The van der Waals surface area contributed by atoms with Gasteiger partial charge >= 0.3 is 0 Å². The molecule has 0 saturated carbocycles. The van der Waals surface area contributed by atoms with Crippen LogP contribution in [-0.4, -0.2) is 35.2 Å². The van der Waals surface area contributed by atoms with Crippen molar-refractivity contribution < 1.29 is 4.74 Å². The molecule has 2 heterocycles. The smallest absolute Gasteiger partial charge is 0.239 e. The molecule has 5 heteroatoms. The largest absolute Gasteiger partial charge is 0.476 e. The second-order valence-electron chi connectivity index (χ2n) is 6.30. The molecule has 0 aliphatic carbocycles. The molecule has 0 bridgehead atoms. The first-order valence-electron chi connectivity index (χ1n) is 7.15. The fourth-order valence-electron chi connectivity index (χ4n) is 2.19. The van der Waals surface area contributed by atoms with Crippen LogP contribution >= 0.6 is 11.8 Å². The van der Waals surface area contributed by atoms with E-state index < -0.39 is 0 Å². The molecule has 112 valence electrons. The van der Waals surface area contributed by atoms with Crippen LogP contribution in [0.1, 0.15) is 27.7 Å². The zero-order valence-electron chi connectivity index (χ0n) is 12.8. The summed E-state index contributed by atoms with van der Waals surface area (Å²) in [5.74, 6) is 3.12. The van der Waals surface area contributed by atoms with Gasteiger partial charge in [0.2, 0.25) is 5.88 Å². The van der Waals surface area contributed by atoms with Gasteiger partial charge in [0, 0.05) is 23.6 Å². The molecule has 0 radical (unpaired) electrons. The number of ether oxygens (including phenoxy) is 1. The number of thioether (sulfide) groups is 1. The molecule has 1 saturated heterocycles. The molecular formula is C15H25N3OS. The zero-order valence-corrected chi connectivity index (χ0v) is 13.7. The zero-order chi connectivity index (χ0) is 14.8. The van der Waals surface area contributed by atoms with E-state index in [1.165, 1.54) is 0 Å². The van der Waals surface area contributed by atoms with Crippen molar-refractivity contribution in [3.63, 3.8) is 0 Å². The van der Waals surface area contributed by atoms with Crippen molar-refractivity contribution in [3.05, 3.63) is 12.1 Å². The molecule has 1 aromatic rings. The van der Waals surface area contributed by atoms with Crippen LogP contribution in [0.25, 0.3) is 0 Å².